The number of rotatable bonds is 5. The number of hydrogen-bond acceptors (Lipinski definition) is 4. The third-order valence-electron chi connectivity index (χ3n) is 5.32. The summed E-state index contributed by atoms with van der Waals surface area (Å²) in [4.78, 5) is 41.5. The molecule has 0 radical (unpaired) electrons. The molecule has 2 aromatic carbocycles. The Hall–Kier alpha value is -3.19. The Bertz CT molecular complexity index is 1050. The fourth-order valence-electron chi connectivity index (χ4n) is 3.68. The average Bonchev–Trinajstić information content (AvgIpc) is 3.32. The summed E-state index contributed by atoms with van der Waals surface area (Å²) in [5.74, 6) is -0.281. The van der Waals surface area contributed by atoms with Crippen molar-refractivity contribution in [3.8, 4) is 0 Å². The fourth-order valence-corrected chi connectivity index (χ4v) is 4.37. The zero-order valence-corrected chi connectivity index (χ0v) is 17.4. The summed E-state index contributed by atoms with van der Waals surface area (Å²) < 4.78 is 0. The average molecular weight is 422 g/mol. The smallest absolute Gasteiger partial charge is 0.264 e. The maximum absolute atomic E-state index is 12.5. The maximum Gasteiger partial charge on any atom is 0.264 e. The summed E-state index contributed by atoms with van der Waals surface area (Å²) in [7, 11) is 0. The third-order valence-corrected chi connectivity index (χ3v) is 6.18. The maximum atomic E-state index is 12.5. The first-order valence-electron chi connectivity index (χ1n) is 9.96. The van der Waals surface area contributed by atoms with Gasteiger partial charge >= 0.3 is 0 Å². The first kappa shape index (κ1) is 20.1. The Morgan fingerprint density at radius 2 is 1.60 bits per heavy atom. The zero-order chi connectivity index (χ0) is 20.9. The van der Waals surface area contributed by atoms with Crippen molar-refractivity contribution in [3.05, 3.63) is 70.4 Å². The quantitative estimate of drug-likeness (QED) is 0.688. The molecule has 2 heterocycles. The van der Waals surface area contributed by atoms with Crippen molar-refractivity contribution in [2.45, 2.75) is 6.42 Å². The lowest BCUT2D eigenvalue weighted by atomic mass is 10.0. The lowest BCUT2D eigenvalue weighted by molar-refractivity contribution is -0.133. The molecule has 1 fully saturated rings. The lowest BCUT2D eigenvalue weighted by Crippen LogP contribution is -2.52. The Morgan fingerprint density at radius 1 is 0.867 bits per heavy atom. The standard InChI is InChI=1S/C23H23N3O3S/c27-21(15-18-7-3-6-17-5-1-2-8-19(17)18)24-16-22(28)25-10-12-26(13-11-25)23(29)20-9-4-14-30-20/h1-9,14H,10-13,15-16H2,(H,24,27). The summed E-state index contributed by atoms with van der Waals surface area (Å²) in [6, 6.07) is 17.5. The van der Waals surface area contributed by atoms with Crippen LogP contribution in [0.2, 0.25) is 0 Å². The Morgan fingerprint density at radius 3 is 2.37 bits per heavy atom. The Labute approximate surface area is 179 Å². The number of carbonyl (C=O) groups is 3. The van der Waals surface area contributed by atoms with E-state index in [1.54, 1.807) is 9.80 Å². The van der Waals surface area contributed by atoms with Gasteiger partial charge in [-0.2, -0.15) is 0 Å². The molecule has 1 N–H and O–H groups in total. The molecule has 3 aromatic rings. The van der Waals surface area contributed by atoms with Gasteiger partial charge in [-0.3, -0.25) is 14.4 Å². The second-order valence-corrected chi connectivity index (χ2v) is 8.19. The van der Waals surface area contributed by atoms with Crippen LogP contribution in [0.25, 0.3) is 10.8 Å². The van der Waals surface area contributed by atoms with E-state index < -0.39 is 0 Å². The van der Waals surface area contributed by atoms with Gasteiger partial charge in [-0.15, -0.1) is 11.3 Å². The van der Waals surface area contributed by atoms with Crippen molar-refractivity contribution < 1.29 is 14.4 Å². The van der Waals surface area contributed by atoms with Crippen LogP contribution in [0.3, 0.4) is 0 Å². The number of nitrogens with one attached hydrogen (secondary N) is 1. The SMILES string of the molecule is O=C(Cc1cccc2ccccc12)NCC(=O)N1CCN(C(=O)c2cccs2)CC1. The molecule has 30 heavy (non-hydrogen) atoms. The lowest BCUT2D eigenvalue weighted by Gasteiger charge is -2.34. The van der Waals surface area contributed by atoms with Crippen LogP contribution in [0.5, 0.6) is 0 Å². The highest BCUT2D eigenvalue weighted by atomic mass is 32.1. The molecule has 0 unspecified atom stereocenters. The molecule has 0 aliphatic carbocycles. The van der Waals surface area contributed by atoms with Crippen molar-refractivity contribution in [2.24, 2.45) is 0 Å². The van der Waals surface area contributed by atoms with Crippen LogP contribution >= 0.6 is 11.3 Å². The molecule has 4 rings (SSSR count). The van der Waals surface area contributed by atoms with E-state index in [1.807, 2.05) is 60.0 Å². The summed E-state index contributed by atoms with van der Waals surface area (Å²) in [6.45, 7) is 1.95. The summed E-state index contributed by atoms with van der Waals surface area (Å²) in [6.07, 6.45) is 0.234. The van der Waals surface area contributed by atoms with E-state index in [1.165, 1.54) is 11.3 Å². The molecule has 1 saturated heterocycles. The van der Waals surface area contributed by atoms with Crippen LogP contribution in [-0.2, 0) is 16.0 Å². The van der Waals surface area contributed by atoms with E-state index in [-0.39, 0.29) is 30.7 Å². The molecule has 7 heteroatoms. The topological polar surface area (TPSA) is 69.7 Å². The number of piperazine rings is 1. The first-order valence-corrected chi connectivity index (χ1v) is 10.8. The van der Waals surface area contributed by atoms with Gasteiger partial charge in [0, 0.05) is 26.2 Å². The summed E-state index contributed by atoms with van der Waals surface area (Å²) in [5, 5.41) is 6.76. The number of fused-ring (bicyclic) bond motifs is 1. The van der Waals surface area contributed by atoms with E-state index in [0.29, 0.717) is 26.2 Å². The Kier molecular flexibility index (Phi) is 6.09. The molecule has 0 atom stereocenters. The van der Waals surface area contributed by atoms with Crippen LogP contribution in [0.15, 0.2) is 60.0 Å². The Balaban J connectivity index is 1.26. The highest BCUT2D eigenvalue weighted by Gasteiger charge is 2.25. The van der Waals surface area contributed by atoms with E-state index in [0.717, 1.165) is 21.2 Å². The van der Waals surface area contributed by atoms with E-state index in [4.69, 9.17) is 0 Å². The van der Waals surface area contributed by atoms with Gasteiger partial charge in [0.2, 0.25) is 11.8 Å². The summed E-state index contributed by atoms with van der Waals surface area (Å²) >= 11 is 1.43. The highest BCUT2D eigenvalue weighted by Crippen LogP contribution is 2.19. The van der Waals surface area contributed by atoms with Gasteiger partial charge in [0.05, 0.1) is 17.8 Å². The van der Waals surface area contributed by atoms with Gasteiger partial charge in [-0.25, -0.2) is 0 Å². The minimum atomic E-state index is -0.175. The van der Waals surface area contributed by atoms with E-state index >= 15 is 0 Å². The number of amides is 3. The van der Waals surface area contributed by atoms with Crippen LogP contribution < -0.4 is 5.32 Å². The van der Waals surface area contributed by atoms with Crippen LogP contribution in [0, 0.1) is 0 Å². The van der Waals surface area contributed by atoms with Gasteiger partial charge in [0.1, 0.15) is 0 Å². The van der Waals surface area contributed by atoms with Crippen LogP contribution in [-0.4, -0.2) is 60.2 Å². The van der Waals surface area contributed by atoms with Crippen molar-refractivity contribution in [1.82, 2.24) is 15.1 Å². The van der Waals surface area contributed by atoms with Crippen molar-refractivity contribution in [1.29, 1.82) is 0 Å². The van der Waals surface area contributed by atoms with Gasteiger partial charge < -0.3 is 15.1 Å². The summed E-state index contributed by atoms with van der Waals surface area (Å²) in [5.41, 5.74) is 0.943. The zero-order valence-electron chi connectivity index (χ0n) is 16.5. The van der Waals surface area contributed by atoms with Gasteiger partial charge in [-0.1, -0.05) is 48.5 Å². The molecule has 1 aromatic heterocycles. The minimum Gasteiger partial charge on any atom is -0.347 e. The molecule has 3 amide bonds. The molecule has 154 valence electrons. The normalized spacial score (nSPS) is 14.0. The van der Waals surface area contributed by atoms with Crippen LogP contribution in [0.4, 0.5) is 0 Å². The number of carbonyl (C=O) groups excluding carboxylic acids is 3. The largest absolute Gasteiger partial charge is 0.347 e. The first-order chi connectivity index (χ1) is 14.6. The van der Waals surface area contributed by atoms with E-state index in [9.17, 15) is 14.4 Å². The number of hydrogen-bond donors (Lipinski definition) is 1. The second-order valence-electron chi connectivity index (χ2n) is 7.24. The van der Waals surface area contributed by atoms with Gasteiger partial charge in [-0.05, 0) is 27.8 Å². The molecule has 1 aliphatic heterocycles. The predicted molar refractivity (Wildman–Crippen MR) is 117 cm³/mol. The molecule has 1 aliphatic rings. The second kappa shape index (κ2) is 9.09. The molecular weight excluding hydrogens is 398 g/mol. The molecule has 6 nitrogen and oxygen atoms in total. The number of benzene rings is 2. The van der Waals surface area contributed by atoms with Crippen molar-refractivity contribution in [2.75, 3.05) is 32.7 Å². The van der Waals surface area contributed by atoms with Gasteiger partial charge in [0.15, 0.2) is 0 Å². The van der Waals surface area contributed by atoms with Crippen molar-refractivity contribution in [3.63, 3.8) is 0 Å². The molecule has 0 bridgehead atoms. The van der Waals surface area contributed by atoms with Crippen LogP contribution in [0.1, 0.15) is 15.2 Å². The minimum absolute atomic E-state index is 0.0143. The highest BCUT2D eigenvalue weighted by molar-refractivity contribution is 7.12. The number of nitrogens with zero attached hydrogens (tertiary/aromatic N) is 2. The number of thiophene rings is 1. The monoisotopic (exact) mass is 421 g/mol. The van der Waals surface area contributed by atoms with Crippen molar-refractivity contribution >= 4 is 39.8 Å². The third kappa shape index (κ3) is 4.52. The predicted octanol–water partition coefficient (Wildman–Crippen LogP) is 2.54. The molecule has 0 spiro atoms. The molecule has 0 saturated carbocycles. The van der Waals surface area contributed by atoms with Gasteiger partial charge in [0.25, 0.3) is 5.91 Å². The fraction of sp³-hybridized carbons (Fsp3) is 0.261. The van der Waals surface area contributed by atoms with E-state index in [2.05, 4.69) is 5.32 Å². The molecular formula is C23H23N3O3S.